The van der Waals surface area contributed by atoms with Crippen LogP contribution in [0.15, 0.2) is 18.2 Å². The van der Waals surface area contributed by atoms with Gasteiger partial charge in [0.2, 0.25) is 0 Å². The Morgan fingerprint density at radius 1 is 1.20 bits per heavy atom. The summed E-state index contributed by atoms with van der Waals surface area (Å²) in [5.74, 6) is 2.40. The van der Waals surface area contributed by atoms with E-state index in [1.807, 2.05) is 6.07 Å². The number of rotatable bonds is 7. The van der Waals surface area contributed by atoms with Crippen molar-refractivity contribution in [1.82, 2.24) is 5.32 Å². The maximum Gasteiger partial charge on any atom is 0.161 e. The Hall–Kier alpha value is -1.22. The van der Waals surface area contributed by atoms with Crippen LogP contribution in [0.25, 0.3) is 0 Å². The van der Waals surface area contributed by atoms with Gasteiger partial charge in [-0.25, -0.2) is 0 Å². The maximum absolute atomic E-state index is 6.05. The second-order valence-corrected chi connectivity index (χ2v) is 6.03. The Morgan fingerprint density at radius 3 is 2.60 bits per heavy atom. The van der Waals surface area contributed by atoms with Crippen LogP contribution in [0.3, 0.4) is 0 Å². The molecule has 1 saturated carbocycles. The number of nitrogens with one attached hydrogen (secondary N) is 1. The van der Waals surface area contributed by atoms with Crippen molar-refractivity contribution < 1.29 is 9.47 Å². The van der Waals surface area contributed by atoms with Gasteiger partial charge >= 0.3 is 0 Å². The van der Waals surface area contributed by atoms with E-state index in [0.717, 1.165) is 24.6 Å². The highest BCUT2D eigenvalue weighted by Gasteiger charge is 2.18. The van der Waals surface area contributed by atoms with Crippen molar-refractivity contribution in [3.63, 3.8) is 0 Å². The monoisotopic (exact) mass is 277 g/mol. The molecule has 0 aliphatic heterocycles. The van der Waals surface area contributed by atoms with E-state index in [4.69, 9.17) is 9.47 Å². The molecule has 1 fully saturated rings. The number of methoxy groups -OCH3 is 1. The van der Waals surface area contributed by atoms with Crippen molar-refractivity contribution in [2.24, 2.45) is 5.92 Å². The lowest BCUT2D eigenvalue weighted by atomic mass is 10.1. The lowest BCUT2D eigenvalue weighted by molar-refractivity contribution is 0.200. The molecule has 0 heterocycles. The van der Waals surface area contributed by atoms with Crippen LogP contribution in [-0.4, -0.2) is 19.8 Å². The first-order valence-corrected chi connectivity index (χ1v) is 7.73. The second-order valence-electron chi connectivity index (χ2n) is 6.03. The summed E-state index contributed by atoms with van der Waals surface area (Å²) in [5.41, 5.74) is 1.24. The van der Waals surface area contributed by atoms with E-state index in [2.05, 4.69) is 31.3 Å². The van der Waals surface area contributed by atoms with Crippen LogP contribution in [0.5, 0.6) is 11.5 Å². The molecule has 2 rings (SSSR count). The predicted molar refractivity (Wildman–Crippen MR) is 82.4 cm³/mol. The van der Waals surface area contributed by atoms with Gasteiger partial charge in [0.1, 0.15) is 0 Å². The third kappa shape index (κ3) is 4.41. The van der Waals surface area contributed by atoms with Crippen LogP contribution >= 0.6 is 0 Å². The van der Waals surface area contributed by atoms with Gasteiger partial charge in [0.05, 0.1) is 13.2 Å². The summed E-state index contributed by atoms with van der Waals surface area (Å²) in [6.07, 6.45) is 5.27. The van der Waals surface area contributed by atoms with E-state index < -0.39 is 0 Å². The number of hydrogen-bond donors (Lipinski definition) is 1. The van der Waals surface area contributed by atoms with Crippen molar-refractivity contribution >= 4 is 0 Å². The van der Waals surface area contributed by atoms with Gasteiger partial charge in [-0.3, -0.25) is 0 Å². The van der Waals surface area contributed by atoms with Gasteiger partial charge in [-0.2, -0.15) is 0 Å². The molecule has 0 bridgehead atoms. The van der Waals surface area contributed by atoms with E-state index >= 15 is 0 Å². The predicted octanol–water partition coefficient (Wildman–Crippen LogP) is 3.76. The van der Waals surface area contributed by atoms with Gasteiger partial charge < -0.3 is 14.8 Å². The topological polar surface area (TPSA) is 30.5 Å². The third-order valence-corrected chi connectivity index (χ3v) is 3.71. The average molecular weight is 277 g/mol. The minimum atomic E-state index is 0.369. The summed E-state index contributed by atoms with van der Waals surface area (Å²) < 4.78 is 11.5. The summed E-state index contributed by atoms with van der Waals surface area (Å²) in [4.78, 5) is 0. The zero-order valence-electron chi connectivity index (χ0n) is 12.9. The van der Waals surface area contributed by atoms with Gasteiger partial charge in [0.15, 0.2) is 11.5 Å². The molecule has 0 unspecified atom stereocenters. The highest BCUT2D eigenvalue weighted by atomic mass is 16.5. The van der Waals surface area contributed by atoms with Crippen molar-refractivity contribution in [3.05, 3.63) is 23.8 Å². The van der Waals surface area contributed by atoms with Crippen LogP contribution in [0.4, 0.5) is 0 Å². The smallest absolute Gasteiger partial charge is 0.161 e. The molecule has 1 aromatic rings. The standard InChI is InChI=1S/C17H27NO2/c1-13(2)11-18-12-14-8-9-16(17(10-14)19-3)20-15-6-4-5-7-15/h8-10,13,15,18H,4-7,11-12H2,1-3H3. The van der Waals surface area contributed by atoms with E-state index in [9.17, 15) is 0 Å². The quantitative estimate of drug-likeness (QED) is 0.823. The van der Waals surface area contributed by atoms with Gasteiger partial charge in [0.25, 0.3) is 0 Å². The Kier molecular flexibility index (Phi) is 5.72. The molecule has 20 heavy (non-hydrogen) atoms. The first-order valence-electron chi connectivity index (χ1n) is 7.73. The summed E-state index contributed by atoms with van der Waals surface area (Å²) >= 11 is 0. The fourth-order valence-corrected chi connectivity index (χ4v) is 2.61. The normalized spacial score (nSPS) is 15.8. The van der Waals surface area contributed by atoms with Crippen LogP contribution < -0.4 is 14.8 Å². The van der Waals surface area contributed by atoms with Gasteiger partial charge in [-0.1, -0.05) is 19.9 Å². The molecule has 112 valence electrons. The fraction of sp³-hybridized carbons (Fsp3) is 0.647. The molecule has 1 aliphatic rings. The molecule has 0 amide bonds. The average Bonchev–Trinajstić information content (AvgIpc) is 2.93. The molecule has 0 saturated heterocycles. The van der Waals surface area contributed by atoms with Crippen molar-refractivity contribution in [2.45, 2.75) is 52.2 Å². The van der Waals surface area contributed by atoms with Crippen molar-refractivity contribution in [1.29, 1.82) is 0 Å². The summed E-state index contributed by atoms with van der Waals surface area (Å²) in [6, 6.07) is 6.25. The van der Waals surface area contributed by atoms with E-state index in [1.165, 1.54) is 31.2 Å². The van der Waals surface area contributed by atoms with Crippen LogP contribution in [-0.2, 0) is 6.54 Å². The number of benzene rings is 1. The molecule has 0 atom stereocenters. The maximum atomic E-state index is 6.05. The molecule has 3 nitrogen and oxygen atoms in total. The second kappa shape index (κ2) is 7.53. The highest BCUT2D eigenvalue weighted by molar-refractivity contribution is 5.43. The van der Waals surface area contributed by atoms with Crippen LogP contribution in [0.1, 0.15) is 45.1 Å². The van der Waals surface area contributed by atoms with Gasteiger partial charge in [0, 0.05) is 6.54 Å². The largest absolute Gasteiger partial charge is 0.493 e. The number of ether oxygens (including phenoxy) is 2. The molecule has 1 aromatic carbocycles. The lowest BCUT2D eigenvalue weighted by Gasteiger charge is -2.17. The van der Waals surface area contributed by atoms with E-state index in [-0.39, 0.29) is 0 Å². The zero-order chi connectivity index (χ0) is 14.4. The molecule has 0 aromatic heterocycles. The fourth-order valence-electron chi connectivity index (χ4n) is 2.61. The summed E-state index contributed by atoms with van der Waals surface area (Å²) in [7, 11) is 1.71. The highest BCUT2D eigenvalue weighted by Crippen LogP contribution is 2.32. The summed E-state index contributed by atoms with van der Waals surface area (Å²) in [5, 5.41) is 3.45. The number of hydrogen-bond acceptors (Lipinski definition) is 3. The van der Waals surface area contributed by atoms with Crippen molar-refractivity contribution in [3.8, 4) is 11.5 Å². The lowest BCUT2D eigenvalue weighted by Crippen LogP contribution is -2.19. The molecular formula is C17H27NO2. The Morgan fingerprint density at radius 2 is 1.95 bits per heavy atom. The zero-order valence-corrected chi connectivity index (χ0v) is 12.9. The summed E-state index contributed by atoms with van der Waals surface area (Å²) in [6.45, 7) is 6.33. The molecule has 3 heteroatoms. The van der Waals surface area contributed by atoms with E-state index in [0.29, 0.717) is 12.0 Å². The van der Waals surface area contributed by atoms with Gasteiger partial charge in [-0.05, 0) is 55.8 Å². The Labute approximate surface area is 122 Å². The first-order chi connectivity index (χ1) is 9.69. The Bertz CT molecular complexity index is 411. The molecule has 0 radical (unpaired) electrons. The molecule has 0 spiro atoms. The third-order valence-electron chi connectivity index (χ3n) is 3.71. The molecule has 1 aliphatic carbocycles. The minimum Gasteiger partial charge on any atom is -0.493 e. The van der Waals surface area contributed by atoms with Crippen LogP contribution in [0, 0.1) is 5.92 Å². The van der Waals surface area contributed by atoms with Crippen molar-refractivity contribution in [2.75, 3.05) is 13.7 Å². The minimum absolute atomic E-state index is 0.369. The van der Waals surface area contributed by atoms with Crippen LogP contribution in [0.2, 0.25) is 0 Å². The van der Waals surface area contributed by atoms with Gasteiger partial charge in [-0.15, -0.1) is 0 Å². The molecule has 1 N–H and O–H groups in total. The Balaban J connectivity index is 1.95. The molecular weight excluding hydrogens is 250 g/mol. The van der Waals surface area contributed by atoms with E-state index in [1.54, 1.807) is 7.11 Å². The SMILES string of the molecule is COc1cc(CNCC(C)C)ccc1OC1CCCC1. The first kappa shape index (κ1) is 15.2.